The van der Waals surface area contributed by atoms with E-state index in [2.05, 4.69) is 11.9 Å². The number of nitrogens with zero attached hydrogens (tertiary/aromatic N) is 3. The normalized spacial score (nSPS) is 11.9. The molecule has 1 amide bonds. The van der Waals surface area contributed by atoms with Crippen LogP contribution in [-0.4, -0.2) is 69.3 Å². The Morgan fingerprint density at radius 2 is 1.86 bits per heavy atom. The van der Waals surface area contributed by atoms with Gasteiger partial charge in [0.05, 0.1) is 29.1 Å². The summed E-state index contributed by atoms with van der Waals surface area (Å²) < 4.78 is 35.5. The number of amides is 1. The molecule has 1 aromatic carbocycles. The van der Waals surface area contributed by atoms with E-state index in [4.69, 9.17) is 14.6 Å². The molecule has 10 heteroatoms. The fraction of sp³-hybridized carbons (Fsp3) is 0.579. The maximum atomic E-state index is 12.7. The summed E-state index contributed by atoms with van der Waals surface area (Å²) in [5, 5.41) is 5.23. The van der Waals surface area contributed by atoms with Gasteiger partial charge in [0.25, 0.3) is 0 Å². The maximum absolute atomic E-state index is 12.7. The molecule has 2 N–H and O–H groups in total. The van der Waals surface area contributed by atoms with E-state index in [-0.39, 0.29) is 10.8 Å². The molecule has 0 aliphatic heterocycles. The zero-order chi connectivity index (χ0) is 21.4. The van der Waals surface area contributed by atoms with Crippen LogP contribution in [0.15, 0.2) is 23.1 Å². The Bertz CT molecular complexity index is 918. The minimum atomic E-state index is -3.80. The molecule has 29 heavy (non-hydrogen) atoms. The summed E-state index contributed by atoms with van der Waals surface area (Å²) >= 11 is 0. The largest absolute Gasteiger partial charge is 0.383 e. The van der Waals surface area contributed by atoms with Crippen molar-refractivity contribution in [2.75, 3.05) is 40.5 Å². The zero-order valence-electron chi connectivity index (χ0n) is 17.3. The van der Waals surface area contributed by atoms with Gasteiger partial charge >= 0.3 is 0 Å². The second-order valence-corrected chi connectivity index (χ2v) is 8.30. The van der Waals surface area contributed by atoms with E-state index in [1.165, 1.54) is 12.1 Å². The number of benzene rings is 1. The highest BCUT2D eigenvalue weighted by Crippen LogP contribution is 2.21. The Balaban J connectivity index is 2.22. The number of aryl methyl sites for hydroxylation is 2. The van der Waals surface area contributed by atoms with Crippen molar-refractivity contribution in [1.82, 2.24) is 14.5 Å². The highest BCUT2D eigenvalue weighted by molar-refractivity contribution is 7.89. The van der Waals surface area contributed by atoms with E-state index in [1.807, 2.05) is 4.57 Å². The Morgan fingerprint density at radius 1 is 1.21 bits per heavy atom. The molecule has 9 nitrogen and oxygen atoms in total. The van der Waals surface area contributed by atoms with Crippen molar-refractivity contribution in [1.29, 1.82) is 0 Å². The lowest BCUT2D eigenvalue weighted by molar-refractivity contribution is -0.132. The number of fused-ring (bicyclic) bond motifs is 1. The van der Waals surface area contributed by atoms with Gasteiger partial charge < -0.3 is 18.9 Å². The number of rotatable bonds is 12. The van der Waals surface area contributed by atoms with Crippen LogP contribution in [0.25, 0.3) is 11.0 Å². The number of aromatic nitrogens is 2. The molecule has 162 valence electrons. The van der Waals surface area contributed by atoms with E-state index in [1.54, 1.807) is 25.2 Å². The lowest BCUT2D eigenvalue weighted by atomic mass is 10.2. The second-order valence-electron chi connectivity index (χ2n) is 6.74. The molecule has 2 rings (SSSR count). The number of sulfonamides is 1. The minimum absolute atomic E-state index is 0.000528. The average Bonchev–Trinajstić information content (AvgIpc) is 3.03. The summed E-state index contributed by atoms with van der Waals surface area (Å²) in [4.78, 5) is 19.0. The molecule has 0 bridgehead atoms. The van der Waals surface area contributed by atoms with E-state index in [0.717, 1.165) is 24.3 Å². The van der Waals surface area contributed by atoms with Crippen molar-refractivity contribution in [3.05, 3.63) is 24.0 Å². The summed E-state index contributed by atoms with van der Waals surface area (Å²) in [5.41, 5.74) is 1.39. The molecule has 0 aliphatic rings. The SMILES string of the molecule is CCCn1c(CCC(=O)N(CCOC)CCOC)nc2cc(S(N)(=O)=O)ccc21. The molecule has 0 saturated carbocycles. The lowest BCUT2D eigenvalue weighted by Crippen LogP contribution is -2.36. The first kappa shape index (κ1) is 23.3. The number of carbonyl (C=O) groups is 1. The molecule has 0 unspecified atom stereocenters. The Labute approximate surface area is 171 Å². The molecule has 0 atom stereocenters. The predicted molar refractivity (Wildman–Crippen MR) is 110 cm³/mol. The third-order valence-corrected chi connectivity index (χ3v) is 5.53. The molecule has 0 spiro atoms. The summed E-state index contributed by atoms with van der Waals surface area (Å²) in [7, 11) is -0.600. The van der Waals surface area contributed by atoms with Crippen molar-refractivity contribution in [2.45, 2.75) is 37.6 Å². The van der Waals surface area contributed by atoms with E-state index < -0.39 is 10.0 Å². The first-order valence-electron chi connectivity index (χ1n) is 9.59. The molecule has 0 radical (unpaired) electrons. The molecule has 0 saturated heterocycles. The number of primary sulfonamides is 1. The van der Waals surface area contributed by atoms with Crippen LogP contribution in [0.5, 0.6) is 0 Å². The van der Waals surface area contributed by atoms with E-state index in [9.17, 15) is 13.2 Å². The molecule has 2 aromatic rings. The number of imidazole rings is 1. The Kier molecular flexibility index (Phi) is 8.57. The van der Waals surface area contributed by atoms with Crippen molar-refractivity contribution in [3.63, 3.8) is 0 Å². The second kappa shape index (κ2) is 10.7. The number of ether oxygens (including phenoxy) is 2. The minimum Gasteiger partial charge on any atom is -0.383 e. The van der Waals surface area contributed by atoms with Crippen molar-refractivity contribution < 1.29 is 22.7 Å². The number of methoxy groups -OCH3 is 2. The Hall–Kier alpha value is -2.01. The van der Waals surface area contributed by atoms with Gasteiger partial charge in [0.15, 0.2) is 0 Å². The summed E-state index contributed by atoms with van der Waals surface area (Å²) in [6.07, 6.45) is 1.63. The van der Waals surface area contributed by atoms with Crippen LogP contribution in [0.1, 0.15) is 25.6 Å². The predicted octanol–water partition coefficient (Wildman–Crippen LogP) is 1.15. The monoisotopic (exact) mass is 426 g/mol. The van der Waals surface area contributed by atoms with Gasteiger partial charge in [0.2, 0.25) is 15.9 Å². The number of hydrogen-bond acceptors (Lipinski definition) is 6. The smallest absolute Gasteiger partial charge is 0.238 e. The van der Waals surface area contributed by atoms with Crippen LogP contribution < -0.4 is 5.14 Å². The van der Waals surface area contributed by atoms with Gasteiger partial charge in [0, 0.05) is 46.7 Å². The zero-order valence-corrected chi connectivity index (χ0v) is 18.1. The third kappa shape index (κ3) is 6.23. The molecule has 0 fully saturated rings. The molecular formula is C19H30N4O5S. The van der Waals surface area contributed by atoms with Crippen molar-refractivity contribution >= 4 is 27.0 Å². The van der Waals surface area contributed by atoms with Gasteiger partial charge in [-0.25, -0.2) is 18.5 Å². The average molecular weight is 427 g/mol. The molecule has 1 heterocycles. The third-order valence-electron chi connectivity index (χ3n) is 4.62. The molecule has 1 aromatic heterocycles. The van der Waals surface area contributed by atoms with Crippen molar-refractivity contribution in [3.8, 4) is 0 Å². The van der Waals surface area contributed by atoms with E-state index in [0.29, 0.717) is 44.7 Å². The van der Waals surface area contributed by atoms with Crippen LogP contribution in [0.4, 0.5) is 0 Å². The first-order chi connectivity index (χ1) is 13.8. The Morgan fingerprint density at radius 3 is 2.41 bits per heavy atom. The van der Waals surface area contributed by atoms with Gasteiger partial charge in [-0.1, -0.05) is 6.92 Å². The van der Waals surface area contributed by atoms with Gasteiger partial charge in [-0.2, -0.15) is 0 Å². The van der Waals surface area contributed by atoms with Crippen LogP contribution >= 0.6 is 0 Å². The van der Waals surface area contributed by atoms with Crippen LogP contribution in [0.2, 0.25) is 0 Å². The van der Waals surface area contributed by atoms with Gasteiger partial charge in [-0.15, -0.1) is 0 Å². The van der Waals surface area contributed by atoms with Crippen LogP contribution in [0.3, 0.4) is 0 Å². The van der Waals surface area contributed by atoms with Gasteiger partial charge in [-0.05, 0) is 24.6 Å². The van der Waals surface area contributed by atoms with Gasteiger partial charge in [-0.3, -0.25) is 4.79 Å². The summed E-state index contributed by atoms with van der Waals surface area (Å²) in [5.74, 6) is 0.750. The van der Waals surface area contributed by atoms with Crippen molar-refractivity contribution in [2.24, 2.45) is 5.14 Å². The summed E-state index contributed by atoms with van der Waals surface area (Å²) in [6.45, 7) is 4.70. The van der Waals surface area contributed by atoms with Crippen LogP contribution in [0, 0.1) is 0 Å². The highest BCUT2D eigenvalue weighted by atomic mass is 32.2. The number of nitrogens with two attached hydrogens (primary N) is 1. The summed E-state index contributed by atoms with van der Waals surface area (Å²) in [6, 6.07) is 4.68. The van der Waals surface area contributed by atoms with Gasteiger partial charge in [0.1, 0.15) is 5.82 Å². The maximum Gasteiger partial charge on any atom is 0.238 e. The molecular weight excluding hydrogens is 396 g/mol. The topological polar surface area (TPSA) is 117 Å². The van der Waals surface area contributed by atoms with Crippen LogP contribution in [-0.2, 0) is 37.3 Å². The van der Waals surface area contributed by atoms with E-state index >= 15 is 0 Å². The number of carbonyl (C=O) groups excluding carboxylic acids is 1. The fourth-order valence-electron chi connectivity index (χ4n) is 3.14. The standard InChI is InChI=1S/C19H30N4O5S/c1-4-9-23-17-6-5-15(29(20,25)26)14-16(17)21-18(23)7-8-19(24)22(10-12-27-2)11-13-28-3/h5-6,14H,4,7-13H2,1-3H3,(H2,20,25,26). The molecule has 0 aliphatic carbocycles. The highest BCUT2D eigenvalue weighted by Gasteiger charge is 2.18. The first-order valence-corrected chi connectivity index (χ1v) is 11.1. The lowest BCUT2D eigenvalue weighted by Gasteiger charge is -2.22. The fourth-order valence-corrected chi connectivity index (χ4v) is 3.68. The number of hydrogen-bond donors (Lipinski definition) is 1. The quantitative estimate of drug-likeness (QED) is 0.544.